The molecule has 1 aromatic carbocycles. The molecule has 0 radical (unpaired) electrons. The lowest BCUT2D eigenvalue weighted by molar-refractivity contribution is 0.394. The Labute approximate surface area is 110 Å². The van der Waals surface area contributed by atoms with Crippen molar-refractivity contribution in [3.8, 4) is 22.8 Å². The van der Waals surface area contributed by atoms with Crippen LogP contribution in [-0.4, -0.2) is 24.2 Å². The molecule has 1 aromatic heterocycles. The Morgan fingerprint density at radius 1 is 1.11 bits per heavy atom. The Balaban J connectivity index is 2.58. The van der Waals surface area contributed by atoms with Gasteiger partial charge in [0.15, 0.2) is 4.77 Å². The predicted octanol–water partition coefficient (Wildman–Crippen LogP) is 2.41. The zero-order valence-corrected chi connectivity index (χ0v) is 10.9. The summed E-state index contributed by atoms with van der Waals surface area (Å²) >= 11 is 5.00. The molecule has 3 N–H and O–H groups in total. The van der Waals surface area contributed by atoms with Crippen LogP contribution in [0.1, 0.15) is 0 Å². The number of ether oxygens (including phenoxy) is 2. The van der Waals surface area contributed by atoms with E-state index in [9.17, 15) is 0 Å². The summed E-state index contributed by atoms with van der Waals surface area (Å²) in [6, 6.07) is 7.23. The summed E-state index contributed by atoms with van der Waals surface area (Å²) in [5.41, 5.74) is 7.31. The normalized spacial score (nSPS) is 10.1. The fourth-order valence-electron chi connectivity index (χ4n) is 1.60. The quantitative estimate of drug-likeness (QED) is 0.832. The Morgan fingerprint density at radius 2 is 1.72 bits per heavy atom. The van der Waals surface area contributed by atoms with E-state index >= 15 is 0 Å². The number of aromatic nitrogens is 2. The molecule has 0 aliphatic heterocycles. The Morgan fingerprint density at radius 3 is 2.22 bits per heavy atom. The van der Waals surface area contributed by atoms with Crippen LogP contribution in [0.5, 0.6) is 11.5 Å². The predicted molar refractivity (Wildman–Crippen MR) is 72.4 cm³/mol. The van der Waals surface area contributed by atoms with Crippen LogP contribution in [0.3, 0.4) is 0 Å². The molecule has 0 aliphatic rings. The molecule has 1 heterocycles. The first kappa shape index (κ1) is 12.4. The van der Waals surface area contributed by atoms with Crippen molar-refractivity contribution in [3.05, 3.63) is 29.0 Å². The van der Waals surface area contributed by atoms with Gasteiger partial charge in [-0.1, -0.05) is 0 Å². The molecule has 0 bridgehead atoms. The SMILES string of the molecule is COc1cc(OC)cc(-c2cc(N)nc(=S)[nH]2)c1. The number of nitrogens with one attached hydrogen (secondary N) is 1. The lowest BCUT2D eigenvalue weighted by atomic mass is 10.1. The highest BCUT2D eigenvalue weighted by atomic mass is 32.1. The minimum Gasteiger partial charge on any atom is -0.497 e. The summed E-state index contributed by atoms with van der Waals surface area (Å²) in [5, 5.41) is 0. The smallest absolute Gasteiger partial charge is 0.199 e. The average Bonchev–Trinajstić information content (AvgIpc) is 2.37. The first-order valence-corrected chi connectivity index (χ1v) is 5.63. The van der Waals surface area contributed by atoms with Gasteiger partial charge in [0.2, 0.25) is 0 Å². The maximum Gasteiger partial charge on any atom is 0.199 e. The third-order valence-corrected chi connectivity index (χ3v) is 2.62. The minimum absolute atomic E-state index is 0.340. The average molecular weight is 263 g/mol. The first-order valence-electron chi connectivity index (χ1n) is 5.22. The number of hydrogen-bond donors (Lipinski definition) is 2. The molecule has 0 saturated heterocycles. The Hall–Kier alpha value is -2.08. The third kappa shape index (κ3) is 2.60. The molecule has 0 unspecified atom stereocenters. The molecule has 18 heavy (non-hydrogen) atoms. The molecule has 0 atom stereocenters. The van der Waals surface area contributed by atoms with E-state index in [1.165, 1.54) is 0 Å². The van der Waals surface area contributed by atoms with Crippen LogP contribution in [0.15, 0.2) is 24.3 Å². The molecule has 0 saturated carbocycles. The molecule has 6 heteroatoms. The van der Waals surface area contributed by atoms with Crippen LogP contribution >= 0.6 is 12.2 Å². The molecular formula is C12H13N3O2S. The van der Waals surface area contributed by atoms with Gasteiger partial charge < -0.3 is 20.2 Å². The second-order valence-corrected chi connectivity index (χ2v) is 4.01. The van der Waals surface area contributed by atoms with Crippen molar-refractivity contribution in [1.82, 2.24) is 9.97 Å². The monoisotopic (exact) mass is 263 g/mol. The van der Waals surface area contributed by atoms with Crippen molar-refractivity contribution < 1.29 is 9.47 Å². The van der Waals surface area contributed by atoms with Crippen molar-refractivity contribution in [1.29, 1.82) is 0 Å². The van der Waals surface area contributed by atoms with Crippen molar-refractivity contribution in [3.63, 3.8) is 0 Å². The van der Waals surface area contributed by atoms with Crippen molar-refractivity contribution in [2.75, 3.05) is 20.0 Å². The number of rotatable bonds is 3. The fourth-order valence-corrected chi connectivity index (χ4v) is 1.81. The number of H-pyrrole nitrogens is 1. The molecule has 2 rings (SSSR count). The summed E-state index contributed by atoms with van der Waals surface area (Å²) in [7, 11) is 3.20. The molecule has 0 aliphatic carbocycles. The van der Waals surface area contributed by atoms with Gasteiger partial charge in [0.25, 0.3) is 0 Å². The first-order chi connectivity index (χ1) is 8.62. The van der Waals surface area contributed by atoms with Crippen LogP contribution in [0, 0.1) is 4.77 Å². The Kier molecular flexibility index (Phi) is 3.47. The fraction of sp³-hybridized carbons (Fsp3) is 0.167. The highest BCUT2D eigenvalue weighted by molar-refractivity contribution is 7.71. The molecule has 5 nitrogen and oxygen atoms in total. The molecule has 94 valence electrons. The molecule has 0 spiro atoms. The molecular weight excluding hydrogens is 250 g/mol. The van der Waals surface area contributed by atoms with Gasteiger partial charge in [0.1, 0.15) is 17.3 Å². The zero-order chi connectivity index (χ0) is 13.1. The summed E-state index contributed by atoms with van der Waals surface area (Å²) < 4.78 is 10.8. The molecule has 2 aromatic rings. The van der Waals surface area contributed by atoms with Gasteiger partial charge in [-0.05, 0) is 24.4 Å². The van der Waals surface area contributed by atoms with Gasteiger partial charge in [-0.3, -0.25) is 0 Å². The second kappa shape index (κ2) is 5.05. The van der Waals surface area contributed by atoms with Crippen LogP contribution < -0.4 is 15.2 Å². The number of hydrogen-bond acceptors (Lipinski definition) is 5. The zero-order valence-electron chi connectivity index (χ0n) is 10.1. The topological polar surface area (TPSA) is 73.2 Å². The van der Waals surface area contributed by atoms with Crippen LogP contribution in [0.2, 0.25) is 0 Å². The summed E-state index contributed by atoms with van der Waals surface area (Å²) in [5.74, 6) is 1.76. The number of nitrogens with two attached hydrogens (primary N) is 1. The van der Waals surface area contributed by atoms with Crippen molar-refractivity contribution in [2.24, 2.45) is 0 Å². The van der Waals surface area contributed by atoms with Crippen LogP contribution in [0.25, 0.3) is 11.3 Å². The van der Waals surface area contributed by atoms with Gasteiger partial charge in [-0.2, -0.15) is 0 Å². The number of benzene rings is 1. The summed E-state index contributed by atoms with van der Waals surface area (Å²) in [6.07, 6.45) is 0. The number of methoxy groups -OCH3 is 2. The highest BCUT2D eigenvalue weighted by Gasteiger charge is 2.05. The molecule has 0 amide bonds. The summed E-state index contributed by atoms with van der Waals surface area (Å²) in [4.78, 5) is 6.90. The minimum atomic E-state index is 0.340. The van der Waals surface area contributed by atoms with Gasteiger partial charge in [-0.25, -0.2) is 4.98 Å². The van der Waals surface area contributed by atoms with Gasteiger partial charge in [0, 0.05) is 17.7 Å². The van der Waals surface area contributed by atoms with Gasteiger partial charge in [-0.15, -0.1) is 0 Å². The van der Waals surface area contributed by atoms with Gasteiger partial charge in [0.05, 0.1) is 19.9 Å². The van der Waals surface area contributed by atoms with E-state index in [1.807, 2.05) is 12.1 Å². The number of nitrogens with zero attached hydrogens (tertiary/aromatic N) is 1. The third-order valence-electron chi connectivity index (χ3n) is 2.43. The molecule has 0 fully saturated rings. The maximum atomic E-state index is 5.68. The van der Waals surface area contributed by atoms with E-state index in [1.54, 1.807) is 26.4 Å². The lowest BCUT2D eigenvalue weighted by Crippen LogP contribution is -1.95. The largest absolute Gasteiger partial charge is 0.497 e. The van der Waals surface area contributed by atoms with Crippen molar-refractivity contribution in [2.45, 2.75) is 0 Å². The Bertz CT molecular complexity index is 603. The maximum absolute atomic E-state index is 5.68. The number of nitrogen functional groups attached to an aromatic ring is 1. The van der Waals surface area contributed by atoms with Crippen molar-refractivity contribution >= 4 is 18.0 Å². The number of anilines is 1. The van der Waals surface area contributed by atoms with E-state index in [-0.39, 0.29) is 0 Å². The second-order valence-electron chi connectivity index (χ2n) is 3.63. The lowest BCUT2D eigenvalue weighted by Gasteiger charge is -2.09. The van der Waals surface area contributed by atoms with E-state index < -0.39 is 0 Å². The highest BCUT2D eigenvalue weighted by Crippen LogP contribution is 2.28. The van der Waals surface area contributed by atoms with Gasteiger partial charge >= 0.3 is 0 Å². The van der Waals surface area contributed by atoms with E-state index in [4.69, 9.17) is 27.4 Å². The van der Waals surface area contributed by atoms with Crippen LogP contribution in [0.4, 0.5) is 5.82 Å². The standard InChI is InChI=1S/C12H13N3O2S/c1-16-8-3-7(4-9(5-8)17-2)10-6-11(13)15-12(18)14-10/h3-6H,1-2H3,(H3,13,14,15,18). The van der Waals surface area contributed by atoms with E-state index in [0.29, 0.717) is 22.1 Å². The van der Waals surface area contributed by atoms with Crippen LogP contribution in [-0.2, 0) is 0 Å². The van der Waals surface area contributed by atoms with E-state index in [0.717, 1.165) is 11.3 Å². The van der Waals surface area contributed by atoms with E-state index in [2.05, 4.69) is 9.97 Å². The number of aromatic amines is 1. The summed E-state index contributed by atoms with van der Waals surface area (Å²) in [6.45, 7) is 0.